The predicted molar refractivity (Wildman–Crippen MR) is 209 cm³/mol. The van der Waals surface area contributed by atoms with Crippen LogP contribution in [0, 0.1) is 11.8 Å². The standard InChI is InChI=1S/C44H50N4O7/c1-5-46(6-2)32-21-23-33(24-22-32)47-27-15-9-14-20-36(50)45(4)29(3)39(31-18-12-8-13-19-31)54-43(53)37-35-25-26-44(55-35)38(37)41(51)48(40(44)42(47)52)34(28-49)30-16-10-7-11-17-30/h7-13,15-19,21-26,29,34-35,37-40,49H,5-6,14,20,27-28H2,1-4H3/b15-9-/t29-,34-,35+,37-,38-,39+,40+,44-/m1/s1. The third-order valence-corrected chi connectivity index (χ3v) is 11.9. The molecule has 4 heterocycles. The molecule has 7 rings (SSSR count). The molecule has 55 heavy (non-hydrogen) atoms. The van der Waals surface area contributed by atoms with Crippen LogP contribution < -0.4 is 9.80 Å². The van der Waals surface area contributed by atoms with Crippen LogP contribution in [-0.4, -0.2) is 95.7 Å². The Labute approximate surface area is 322 Å². The normalized spacial score (nSPS) is 29.4. The number of esters is 1. The van der Waals surface area contributed by atoms with E-state index in [4.69, 9.17) is 9.47 Å². The van der Waals surface area contributed by atoms with Crippen LogP contribution in [0.2, 0.25) is 0 Å². The van der Waals surface area contributed by atoms with Gasteiger partial charge >= 0.3 is 5.97 Å². The van der Waals surface area contributed by atoms with E-state index in [1.165, 1.54) is 4.90 Å². The summed E-state index contributed by atoms with van der Waals surface area (Å²) in [4.78, 5) is 65.5. The van der Waals surface area contributed by atoms with Gasteiger partial charge in [0.2, 0.25) is 11.8 Å². The zero-order valence-electron chi connectivity index (χ0n) is 31.9. The number of benzene rings is 3. The Hall–Kier alpha value is -5.26. The molecule has 1 N–H and O–H groups in total. The lowest BCUT2D eigenvalue weighted by atomic mass is 9.74. The van der Waals surface area contributed by atoms with Crippen LogP contribution in [0.1, 0.15) is 56.9 Å². The van der Waals surface area contributed by atoms with E-state index < -0.39 is 72.2 Å². The summed E-state index contributed by atoms with van der Waals surface area (Å²) in [6.07, 6.45) is 6.24. The lowest BCUT2D eigenvalue weighted by Crippen LogP contribution is -2.57. The number of hydrogen-bond acceptors (Lipinski definition) is 8. The number of carbonyl (C=O) groups excluding carboxylic acids is 4. The molecular formula is C44H50N4O7. The first-order valence-corrected chi connectivity index (χ1v) is 19.3. The number of hydrogen-bond donors (Lipinski definition) is 1. The number of ether oxygens (including phenoxy) is 2. The van der Waals surface area contributed by atoms with Crippen molar-refractivity contribution in [2.24, 2.45) is 11.8 Å². The zero-order valence-corrected chi connectivity index (χ0v) is 31.9. The van der Waals surface area contributed by atoms with Crippen LogP contribution in [0.5, 0.6) is 0 Å². The number of carbonyl (C=O) groups is 4. The molecule has 3 aromatic carbocycles. The number of likely N-dealkylation sites (tertiary alicyclic amines) is 1. The molecule has 11 nitrogen and oxygen atoms in total. The average molecular weight is 747 g/mol. The van der Waals surface area contributed by atoms with Crippen molar-refractivity contribution in [3.05, 3.63) is 120 Å². The van der Waals surface area contributed by atoms with Crippen LogP contribution in [0.15, 0.2) is 109 Å². The Morgan fingerprint density at radius 2 is 1.56 bits per heavy atom. The van der Waals surface area contributed by atoms with Crippen molar-refractivity contribution in [1.82, 2.24) is 9.80 Å². The van der Waals surface area contributed by atoms with Crippen LogP contribution in [0.3, 0.4) is 0 Å². The highest BCUT2D eigenvalue weighted by Crippen LogP contribution is 2.57. The van der Waals surface area contributed by atoms with Crippen molar-refractivity contribution in [2.75, 3.05) is 43.1 Å². The number of aliphatic hydroxyl groups excluding tert-OH is 1. The monoisotopic (exact) mass is 746 g/mol. The van der Waals surface area contributed by atoms with Crippen molar-refractivity contribution < 1.29 is 33.8 Å². The number of likely N-dealkylation sites (N-methyl/N-ethyl adjacent to an activating group) is 1. The van der Waals surface area contributed by atoms with Gasteiger partial charge in [0.15, 0.2) is 0 Å². The fourth-order valence-electron chi connectivity index (χ4n) is 8.83. The van der Waals surface area contributed by atoms with Crippen molar-refractivity contribution in [2.45, 2.75) is 69.5 Å². The van der Waals surface area contributed by atoms with Crippen molar-refractivity contribution >= 4 is 35.1 Å². The van der Waals surface area contributed by atoms with Gasteiger partial charge in [-0.15, -0.1) is 0 Å². The number of fused-ring (bicyclic) bond motifs is 2. The van der Waals surface area contributed by atoms with E-state index in [1.807, 2.05) is 104 Å². The predicted octanol–water partition coefficient (Wildman–Crippen LogP) is 5.23. The van der Waals surface area contributed by atoms with Gasteiger partial charge in [0.05, 0.1) is 30.7 Å². The molecule has 8 atom stereocenters. The summed E-state index contributed by atoms with van der Waals surface area (Å²) < 4.78 is 13.1. The molecule has 2 fully saturated rings. The van der Waals surface area contributed by atoms with Gasteiger partial charge < -0.3 is 34.2 Å². The highest BCUT2D eigenvalue weighted by Gasteiger charge is 2.74. The molecule has 11 heteroatoms. The second-order valence-corrected chi connectivity index (χ2v) is 14.7. The van der Waals surface area contributed by atoms with Gasteiger partial charge in [0, 0.05) is 44.5 Å². The number of cyclic esters (lactones) is 1. The van der Waals surface area contributed by atoms with Gasteiger partial charge in [-0.05, 0) is 62.6 Å². The molecule has 0 aromatic heterocycles. The summed E-state index contributed by atoms with van der Waals surface area (Å²) in [6.45, 7) is 7.34. The molecule has 4 aliphatic heterocycles. The average Bonchev–Trinajstić information content (AvgIpc) is 3.86. The fraction of sp³-hybridized carbons (Fsp3) is 0.409. The Morgan fingerprint density at radius 3 is 2.22 bits per heavy atom. The number of anilines is 2. The lowest BCUT2D eigenvalue weighted by Gasteiger charge is -2.39. The van der Waals surface area contributed by atoms with Gasteiger partial charge in [-0.2, -0.15) is 0 Å². The van der Waals surface area contributed by atoms with E-state index in [-0.39, 0.29) is 18.9 Å². The van der Waals surface area contributed by atoms with Gasteiger partial charge in [-0.25, -0.2) is 0 Å². The van der Waals surface area contributed by atoms with Crippen LogP contribution >= 0.6 is 0 Å². The second-order valence-electron chi connectivity index (χ2n) is 14.7. The van der Waals surface area contributed by atoms with Crippen molar-refractivity contribution in [3.63, 3.8) is 0 Å². The summed E-state index contributed by atoms with van der Waals surface area (Å²) in [5.41, 5.74) is 1.46. The molecule has 2 saturated heterocycles. The highest BCUT2D eigenvalue weighted by atomic mass is 16.6. The van der Waals surface area contributed by atoms with Crippen LogP contribution in [0.4, 0.5) is 11.4 Å². The third-order valence-electron chi connectivity index (χ3n) is 11.9. The first-order chi connectivity index (χ1) is 26.6. The maximum absolute atomic E-state index is 15.4. The maximum atomic E-state index is 15.4. The number of rotatable bonds is 8. The number of allylic oxidation sites excluding steroid dienone is 1. The van der Waals surface area contributed by atoms with E-state index in [2.05, 4.69) is 18.7 Å². The van der Waals surface area contributed by atoms with Crippen molar-refractivity contribution in [3.8, 4) is 0 Å². The summed E-state index contributed by atoms with van der Waals surface area (Å²) in [5.74, 6) is -3.85. The first kappa shape index (κ1) is 38.0. The summed E-state index contributed by atoms with van der Waals surface area (Å²) >= 11 is 0. The Bertz CT molecular complexity index is 1930. The number of aliphatic hydroxyl groups is 1. The molecule has 3 amide bonds. The Morgan fingerprint density at radius 1 is 0.891 bits per heavy atom. The number of amides is 3. The van der Waals surface area contributed by atoms with E-state index in [0.717, 1.165) is 18.8 Å². The zero-order chi connectivity index (χ0) is 38.9. The van der Waals surface area contributed by atoms with Crippen LogP contribution in [0.25, 0.3) is 0 Å². The number of nitrogens with zero attached hydrogens (tertiary/aromatic N) is 4. The second kappa shape index (κ2) is 15.8. The van der Waals surface area contributed by atoms with Gasteiger partial charge in [-0.3, -0.25) is 19.2 Å². The molecular weight excluding hydrogens is 697 g/mol. The molecule has 0 unspecified atom stereocenters. The Balaban J connectivity index is 1.37. The fourth-order valence-corrected chi connectivity index (χ4v) is 8.83. The third kappa shape index (κ3) is 6.73. The largest absolute Gasteiger partial charge is 0.455 e. The molecule has 4 aliphatic rings. The SMILES string of the molecule is CCN(CC)c1ccc(N2C/C=C\CCC(=O)N(C)[C@H](C)[C@@H](c3ccccc3)OC(=O)[C@@H]3[C@@H]4C=C[C@]5(O4)[C@H](C2=O)N([C@H](CO)c2ccccc2)C(=O)[C@@H]35)cc1. The first-order valence-electron chi connectivity index (χ1n) is 19.3. The molecule has 0 aliphatic carbocycles. The van der Waals surface area contributed by atoms with E-state index >= 15 is 9.59 Å². The smallest absolute Gasteiger partial charge is 0.313 e. The minimum Gasteiger partial charge on any atom is -0.455 e. The molecule has 0 radical (unpaired) electrons. The summed E-state index contributed by atoms with van der Waals surface area (Å²) in [6, 6.07) is 23.4. The minimum atomic E-state index is -1.51. The van der Waals surface area contributed by atoms with Crippen LogP contribution in [-0.2, 0) is 28.7 Å². The van der Waals surface area contributed by atoms with E-state index in [9.17, 15) is 14.7 Å². The highest BCUT2D eigenvalue weighted by molar-refractivity contribution is 6.05. The molecule has 1 spiro atoms. The molecule has 0 saturated carbocycles. The van der Waals surface area contributed by atoms with Crippen molar-refractivity contribution in [1.29, 1.82) is 0 Å². The summed E-state index contributed by atoms with van der Waals surface area (Å²) in [5, 5.41) is 11.0. The van der Waals surface area contributed by atoms with Gasteiger partial charge in [-0.1, -0.05) is 85.0 Å². The lowest BCUT2D eigenvalue weighted by molar-refractivity contribution is -0.164. The molecule has 3 aromatic rings. The quantitative estimate of drug-likeness (QED) is 0.246. The van der Waals surface area contributed by atoms with Gasteiger partial charge in [0.25, 0.3) is 5.91 Å². The Kier molecular flexibility index (Phi) is 11.0. The molecule has 288 valence electrons. The van der Waals surface area contributed by atoms with E-state index in [1.54, 1.807) is 29.0 Å². The minimum absolute atomic E-state index is 0.121. The summed E-state index contributed by atoms with van der Waals surface area (Å²) in [7, 11) is 1.71. The van der Waals surface area contributed by atoms with Gasteiger partial charge in [0.1, 0.15) is 23.7 Å². The molecule has 5 bridgehead atoms. The topological polar surface area (TPSA) is 120 Å². The van der Waals surface area contributed by atoms with E-state index in [0.29, 0.717) is 23.2 Å². The maximum Gasteiger partial charge on any atom is 0.313 e.